The number of halogens is 2. The quantitative estimate of drug-likeness (QED) is 0.660. The highest BCUT2D eigenvalue weighted by molar-refractivity contribution is 9.10. The zero-order chi connectivity index (χ0) is 16.7. The van der Waals surface area contributed by atoms with E-state index in [9.17, 15) is 8.42 Å². The summed E-state index contributed by atoms with van der Waals surface area (Å²) in [5, 5.41) is 0.187. The van der Waals surface area contributed by atoms with E-state index >= 15 is 0 Å². The zero-order valence-electron chi connectivity index (χ0n) is 12.3. The Labute approximate surface area is 150 Å². The van der Waals surface area contributed by atoms with Crippen LogP contribution in [0.1, 0.15) is 12.0 Å². The van der Waals surface area contributed by atoms with Crippen LogP contribution in [0.2, 0.25) is 5.02 Å². The van der Waals surface area contributed by atoms with E-state index in [1.54, 1.807) is 12.1 Å². The fourth-order valence-corrected chi connectivity index (χ4v) is 4.03. The minimum Gasteiger partial charge on any atom is -0.377 e. The molecule has 0 atom stereocenters. The second-order valence-corrected chi connectivity index (χ2v) is 7.92. The summed E-state index contributed by atoms with van der Waals surface area (Å²) in [6.07, 6.45) is 0.584. The third kappa shape index (κ3) is 5.90. The molecule has 0 aromatic heterocycles. The van der Waals surface area contributed by atoms with Gasteiger partial charge in [-0.25, -0.2) is 13.1 Å². The largest absolute Gasteiger partial charge is 0.377 e. The van der Waals surface area contributed by atoms with Gasteiger partial charge in [-0.15, -0.1) is 0 Å². The first-order valence-electron chi connectivity index (χ1n) is 7.05. The first-order valence-corrected chi connectivity index (χ1v) is 9.71. The second kappa shape index (κ2) is 8.80. The van der Waals surface area contributed by atoms with Crippen LogP contribution in [0.4, 0.5) is 0 Å². The van der Waals surface area contributed by atoms with Gasteiger partial charge in [-0.2, -0.15) is 0 Å². The molecule has 0 aliphatic heterocycles. The molecule has 0 unspecified atom stereocenters. The summed E-state index contributed by atoms with van der Waals surface area (Å²) in [5.41, 5.74) is 1.09. The van der Waals surface area contributed by atoms with Crippen LogP contribution in [0, 0.1) is 0 Å². The Bertz CT molecular complexity index is 738. The van der Waals surface area contributed by atoms with Gasteiger partial charge in [0.05, 0.1) is 11.6 Å². The summed E-state index contributed by atoms with van der Waals surface area (Å²) in [4.78, 5) is 0.0765. The van der Waals surface area contributed by atoms with Crippen molar-refractivity contribution in [2.45, 2.75) is 17.9 Å². The van der Waals surface area contributed by atoms with Crippen LogP contribution in [-0.4, -0.2) is 21.6 Å². The SMILES string of the molecule is O=S(=O)(NCCCOCc1ccccc1)c1ccc(Br)cc1Cl. The molecule has 124 valence electrons. The monoisotopic (exact) mass is 417 g/mol. The lowest BCUT2D eigenvalue weighted by Crippen LogP contribution is -2.25. The van der Waals surface area contributed by atoms with Gasteiger partial charge in [0.15, 0.2) is 0 Å². The molecular formula is C16H17BrClNO3S. The lowest BCUT2D eigenvalue weighted by molar-refractivity contribution is 0.119. The average Bonchev–Trinajstić information content (AvgIpc) is 2.51. The maximum absolute atomic E-state index is 12.2. The number of ether oxygens (including phenoxy) is 1. The summed E-state index contributed by atoms with van der Waals surface area (Å²) in [7, 11) is -3.61. The molecule has 4 nitrogen and oxygen atoms in total. The smallest absolute Gasteiger partial charge is 0.242 e. The number of hydrogen-bond acceptors (Lipinski definition) is 3. The Morgan fingerprint density at radius 2 is 1.87 bits per heavy atom. The Morgan fingerprint density at radius 3 is 2.57 bits per heavy atom. The van der Waals surface area contributed by atoms with Crippen LogP contribution in [0.15, 0.2) is 57.9 Å². The lowest BCUT2D eigenvalue weighted by atomic mass is 10.2. The van der Waals surface area contributed by atoms with E-state index in [0.717, 1.165) is 10.0 Å². The second-order valence-electron chi connectivity index (χ2n) is 4.86. The third-order valence-corrected chi connectivity index (χ3v) is 5.49. The molecule has 2 aromatic carbocycles. The highest BCUT2D eigenvalue weighted by Crippen LogP contribution is 2.24. The van der Waals surface area contributed by atoms with Crippen molar-refractivity contribution in [2.24, 2.45) is 0 Å². The molecule has 7 heteroatoms. The molecule has 0 saturated carbocycles. The number of sulfonamides is 1. The Morgan fingerprint density at radius 1 is 1.13 bits per heavy atom. The number of benzene rings is 2. The van der Waals surface area contributed by atoms with E-state index in [1.807, 2.05) is 30.3 Å². The molecule has 0 saturated heterocycles. The predicted octanol–water partition coefficient (Wildman–Crippen LogP) is 3.99. The van der Waals surface area contributed by atoms with Crippen LogP contribution >= 0.6 is 27.5 Å². The summed E-state index contributed by atoms with van der Waals surface area (Å²) >= 11 is 9.22. The topological polar surface area (TPSA) is 55.4 Å². The molecule has 0 aliphatic carbocycles. The van der Waals surface area contributed by atoms with Gasteiger partial charge >= 0.3 is 0 Å². The average molecular weight is 419 g/mol. The summed E-state index contributed by atoms with van der Waals surface area (Å²) < 4.78 is 33.1. The lowest BCUT2D eigenvalue weighted by Gasteiger charge is -2.09. The fourth-order valence-electron chi connectivity index (χ4n) is 1.92. The van der Waals surface area contributed by atoms with E-state index < -0.39 is 10.0 Å². The maximum atomic E-state index is 12.2. The van der Waals surface area contributed by atoms with Gasteiger partial charge in [-0.05, 0) is 30.2 Å². The highest BCUT2D eigenvalue weighted by atomic mass is 79.9. The van der Waals surface area contributed by atoms with Crippen LogP contribution in [0.3, 0.4) is 0 Å². The standard InChI is InChI=1S/C16H17BrClNO3S/c17-14-7-8-16(15(18)11-14)23(20,21)19-9-4-10-22-12-13-5-2-1-3-6-13/h1-3,5-8,11,19H,4,9-10,12H2. The number of hydrogen-bond donors (Lipinski definition) is 1. The van der Waals surface area contributed by atoms with Crippen LogP contribution in [0.5, 0.6) is 0 Å². The van der Waals surface area contributed by atoms with Gasteiger partial charge < -0.3 is 4.74 Å². The third-order valence-electron chi connectivity index (χ3n) is 3.05. The molecule has 0 radical (unpaired) electrons. The minimum atomic E-state index is -3.61. The van der Waals surface area contributed by atoms with Crippen molar-refractivity contribution >= 4 is 37.6 Å². The molecule has 0 spiro atoms. The number of rotatable bonds is 8. The van der Waals surface area contributed by atoms with E-state index in [-0.39, 0.29) is 9.92 Å². The first-order chi connectivity index (χ1) is 11.0. The van der Waals surface area contributed by atoms with Gasteiger partial charge in [-0.3, -0.25) is 0 Å². The molecule has 0 aliphatic rings. The normalized spacial score (nSPS) is 11.6. The molecule has 1 N–H and O–H groups in total. The Balaban J connectivity index is 1.75. The Kier molecular flexibility index (Phi) is 7.05. The summed E-state index contributed by atoms with van der Waals surface area (Å²) in [6.45, 7) is 1.29. The zero-order valence-corrected chi connectivity index (χ0v) is 15.5. The van der Waals surface area contributed by atoms with Crippen molar-refractivity contribution in [3.63, 3.8) is 0 Å². The van der Waals surface area contributed by atoms with E-state index in [2.05, 4.69) is 20.7 Å². The first kappa shape index (κ1) is 18.4. The minimum absolute atomic E-state index is 0.0765. The molecule has 2 aromatic rings. The summed E-state index contributed by atoms with van der Waals surface area (Å²) in [6, 6.07) is 14.5. The van der Waals surface area contributed by atoms with Crippen LogP contribution in [-0.2, 0) is 21.4 Å². The van der Waals surface area contributed by atoms with Crippen LogP contribution in [0.25, 0.3) is 0 Å². The van der Waals surface area contributed by atoms with Crippen molar-refractivity contribution in [1.29, 1.82) is 0 Å². The van der Waals surface area contributed by atoms with Crippen LogP contribution < -0.4 is 4.72 Å². The van der Waals surface area contributed by atoms with Crippen molar-refractivity contribution in [3.8, 4) is 0 Å². The summed E-state index contributed by atoms with van der Waals surface area (Å²) in [5.74, 6) is 0. The number of nitrogens with one attached hydrogen (secondary N) is 1. The van der Waals surface area contributed by atoms with Gasteiger partial charge in [-0.1, -0.05) is 57.9 Å². The van der Waals surface area contributed by atoms with Crippen molar-refractivity contribution in [3.05, 3.63) is 63.6 Å². The van der Waals surface area contributed by atoms with Gasteiger partial charge in [0, 0.05) is 17.6 Å². The fraction of sp³-hybridized carbons (Fsp3) is 0.250. The molecular weight excluding hydrogens is 402 g/mol. The Hall–Kier alpha value is -0.920. The molecule has 0 heterocycles. The van der Waals surface area contributed by atoms with E-state index in [1.165, 1.54) is 6.07 Å². The molecule has 0 bridgehead atoms. The van der Waals surface area contributed by atoms with Gasteiger partial charge in [0.25, 0.3) is 0 Å². The maximum Gasteiger partial charge on any atom is 0.242 e. The molecule has 0 fully saturated rings. The van der Waals surface area contributed by atoms with Crippen molar-refractivity contribution in [2.75, 3.05) is 13.2 Å². The highest BCUT2D eigenvalue weighted by Gasteiger charge is 2.17. The van der Waals surface area contributed by atoms with Gasteiger partial charge in [0.1, 0.15) is 4.90 Å². The van der Waals surface area contributed by atoms with E-state index in [4.69, 9.17) is 16.3 Å². The van der Waals surface area contributed by atoms with Gasteiger partial charge in [0.2, 0.25) is 10.0 Å². The molecule has 23 heavy (non-hydrogen) atoms. The van der Waals surface area contributed by atoms with Crippen molar-refractivity contribution in [1.82, 2.24) is 4.72 Å². The molecule has 0 amide bonds. The molecule has 2 rings (SSSR count). The van der Waals surface area contributed by atoms with E-state index in [0.29, 0.717) is 26.2 Å². The van der Waals surface area contributed by atoms with Crippen molar-refractivity contribution < 1.29 is 13.2 Å². The predicted molar refractivity (Wildman–Crippen MR) is 95.1 cm³/mol.